The molecular weight excluding hydrogens is 368 g/mol. The molecule has 0 unspecified atom stereocenters. The molecule has 0 aliphatic carbocycles. The molecule has 0 bridgehead atoms. The fraction of sp³-hybridized carbons (Fsp3) is 0.200. The van der Waals surface area contributed by atoms with Gasteiger partial charge in [-0.1, -0.05) is 22.0 Å². The summed E-state index contributed by atoms with van der Waals surface area (Å²) >= 11 is 4.66. The third-order valence-electron chi connectivity index (χ3n) is 2.69. The molecule has 2 amide bonds. The lowest BCUT2D eigenvalue weighted by Crippen LogP contribution is -2.41. The highest BCUT2D eigenvalue weighted by atomic mass is 79.9. The molecule has 0 radical (unpaired) electrons. The number of hydrogen-bond donors (Lipinski definition) is 2. The highest BCUT2D eigenvalue weighted by Gasteiger charge is 2.07. The Morgan fingerprint density at radius 3 is 2.59 bits per heavy atom. The van der Waals surface area contributed by atoms with Crippen LogP contribution in [0.25, 0.3) is 0 Å². The molecule has 0 aliphatic heterocycles. The van der Waals surface area contributed by atoms with E-state index in [0.29, 0.717) is 17.9 Å². The van der Waals surface area contributed by atoms with Crippen LogP contribution in [-0.2, 0) is 4.79 Å². The van der Waals surface area contributed by atoms with Gasteiger partial charge in [0.25, 0.3) is 5.91 Å². The highest BCUT2D eigenvalue weighted by Crippen LogP contribution is 2.16. The van der Waals surface area contributed by atoms with Crippen molar-refractivity contribution < 1.29 is 14.3 Å². The van der Waals surface area contributed by atoms with E-state index in [1.807, 2.05) is 24.3 Å². The Labute approximate surface area is 140 Å². The zero-order chi connectivity index (χ0) is 15.8. The first-order chi connectivity index (χ1) is 10.6. The molecule has 1 aromatic heterocycles. The topological polar surface area (TPSA) is 67.4 Å². The minimum atomic E-state index is -0.311. The van der Waals surface area contributed by atoms with Gasteiger partial charge in [0.15, 0.2) is 0 Å². The van der Waals surface area contributed by atoms with Crippen molar-refractivity contribution in [3.63, 3.8) is 0 Å². The number of thiophene rings is 1. The maximum atomic E-state index is 11.6. The van der Waals surface area contributed by atoms with Gasteiger partial charge in [0, 0.05) is 10.9 Å². The molecular formula is C15H15BrN2O3S. The van der Waals surface area contributed by atoms with Crippen molar-refractivity contribution in [1.82, 2.24) is 10.9 Å². The lowest BCUT2D eigenvalue weighted by molar-refractivity contribution is -0.122. The highest BCUT2D eigenvalue weighted by molar-refractivity contribution is 9.10. The standard InChI is InChI=1S/C15H15BrN2O3S/c16-11-5-7-12(8-6-11)21-9-1-4-14(19)17-18-15(20)13-3-2-10-22-13/h2-3,5-8,10H,1,4,9H2,(H,17,19)(H,18,20). The summed E-state index contributed by atoms with van der Waals surface area (Å²) < 4.78 is 6.50. The lowest BCUT2D eigenvalue weighted by atomic mass is 10.3. The van der Waals surface area contributed by atoms with Gasteiger partial charge in [-0.25, -0.2) is 0 Å². The molecule has 0 saturated carbocycles. The number of amides is 2. The number of halogens is 1. The number of rotatable bonds is 6. The third kappa shape index (κ3) is 5.50. The van der Waals surface area contributed by atoms with Crippen LogP contribution in [0.5, 0.6) is 5.75 Å². The monoisotopic (exact) mass is 382 g/mol. The molecule has 0 spiro atoms. The summed E-state index contributed by atoms with van der Waals surface area (Å²) in [7, 11) is 0. The van der Waals surface area contributed by atoms with Gasteiger partial charge in [0.1, 0.15) is 5.75 Å². The average molecular weight is 383 g/mol. The van der Waals surface area contributed by atoms with Crippen LogP contribution in [0.4, 0.5) is 0 Å². The van der Waals surface area contributed by atoms with Gasteiger partial charge >= 0.3 is 0 Å². The van der Waals surface area contributed by atoms with Gasteiger partial charge in [0.05, 0.1) is 11.5 Å². The van der Waals surface area contributed by atoms with Crippen LogP contribution in [0.15, 0.2) is 46.3 Å². The van der Waals surface area contributed by atoms with Gasteiger partial charge < -0.3 is 4.74 Å². The molecule has 116 valence electrons. The number of hydrazine groups is 1. The largest absolute Gasteiger partial charge is 0.494 e. The SMILES string of the molecule is O=C(CCCOc1ccc(Br)cc1)NNC(=O)c1cccs1. The number of hydrogen-bond acceptors (Lipinski definition) is 4. The summed E-state index contributed by atoms with van der Waals surface area (Å²) in [4.78, 5) is 23.8. The molecule has 2 aromatic rings. The zero-order valence-electron chi connectivity index (χ0n) is 11.7. The van der Waals surface area contributed by atoms with E-state index in [9.17, 15) is 9.59 Å². The number of benzene rings is 1. The number of nitrogens with one attached hydrogen (secondary N) is 2. The molecule has 0 aliphatic rings. The average Bonchev–Trinajstić information content (AvgIpc) is 3.05. The molecule has 7 heteroatoms. The van der Waals surface area contributed by atoms with Crippen LogP contribution < -0.4 is 15.6 Å². The second kappa shape index (κ2) is 8.55. The van der Waals surface area contributed by atoms with Crippen LogP contribution in [0.2, 0.25) is 0 Å². The first kappa shape index (κ1) is 16.5. The fourth-order valence-electron chi connectivity index (χ4n) is 1.61. The lowest BCUT2D eigenvalue weighted by Gasteiger charge is -2.07. The quantitative estimate of drug-likeness (QED) is 0.595. The van der Waals surface area contributed by atoms with Gasteiger partial charge in [-0.2, -0.15) is 0 Å². The van der Waals surface area contributed by atoms with Crippen molar-refractivity contribution in [2.75, 3.05) is 6.61 Å². The van der Waals surface area contributed by atoms with E-state index in [1.54, 1.807) is 17.5 Å². The Balaban J connectivity index is 1.59. The summed E-state index contributed by atoms with van der Waals surface area (Å²) in [5, 5.41) is 1.80. The minimum Gasteiger partial charge on any atom is -0.494 e. The fourth-order valence-corrected chi connectivity index (χ4v) is 2.50. The van der Waals surface area contributed by atoms with Crippen molar-refractivity contribution >= 4 is 39.1 Å². The first-order valence-electron chi connectivity index (χ1n) is 6.66. The maximum absolute atomic E-state index is 11.6. The van der Waals surface area contributed by atoms with Crippen molar-refractivity contribution in [3.05, 3.63) is 51.1 Å². The molecule has 22 heavy (non-hydrogen) atoms. The predicted molar refractivity (Wildman–Crippen MR) is 88.8 cm³/mol. The zero-order valence-corrected chi connectivity index (χ0v) is 14.1. The Morgan fingerprint density at radius 2 is 1.91 bits per heavy atom. The van der Waals surface area contributed by atoms with Gasteiger partial charge in [-0.05, 0) is 42.1 Å². The molecule has 1 heterocycles. The van der Waals surface area contributed by atoms with Crippen LogP contribution in [0, 0.1) is 0 Å². The Kier molecular flexibility index (Phi) is 6.42. The smallest absolute Gasteiger partial charge is 0.279 e. The minimum absolute atomic E-state index is 0.246. The van der Waals surface area contributed by atoms with E-state index in [2.05, 4.69) is 26.8 Å². The second-order valence-corrected chi connectivity index (χ2v) is 6.25. The van der Waals surface area contributed by atoms with Gasteiger partial charge in [-0.3, -0.25) is 20.4 Å². The Bertz CT molecular complexity index is 614. The number of ether oxygens (including phenoxy) is 1. The van der Waals surface area contributed by atoms with Crippen molar-refractivity contribution in [2.45, 2.75) is 12.8 Å². The van der Waals surface area contributed by atoms with E-state index in [-0.39, 0.29) is 18.2 Å². The number of carbonyl (C=O) groups excluding carboxylic acids is 2. The van der Waals surface area contributed by atoms with Gasteiger partial charge in [-0.15, -0.1) is 11.3 Å². The van der Waals surface area contributed by atoms with E-state index in [0.717, 1.165) is 10.2 Å². The van der Waals surface area contributed by atoms with Gasteiger partial charge in [0.2, 0.25) is 5.91 Å². The van der Waals surface area contributed by atoms with Crippen LogP contribution in [0.3, 0.4) is 0 Å². The predicted octanol–water partition coefficient (Wildman–Crippen LogP) is 3.13. The van der Waals surface area contributed by atoms with E-state index >= 15 is 0 Å². The molecule has 0 atom stereocenters. The number of carbonyl (C=O) groups is 2. The molecule has 2 rings (SSSR count). The maximum Gasteiger partial charge on any atom is 0.279 e. The van der Waals surface area contributed by atoms with Crippen molar-refractivity contribution in [3.8, 4) is 5.75 Å². The Hall–Kier alpha value is -1.86. The van der Waals surface area contributed by atoms with E-state index in [4.69, 9.17) is 4.74 Å². The van der Waals surface area contributed by atoms with E-state index in [1.165, 1.54) is 11.3 Å². The summed E-state index contributed by atoms with van der Waals surface area (Å²) in [5.74, 6) is 0.202. The molecule has 1 aromatic carbocycles. The molecule has 0 fully saturated rings. The molecule has 5 nitrogen and oxygen atoms in total. The third-order valence-corrected chi connectivity index (χ3v) is 4.09. The van der Waals surface area contributed by atoms with Crippen LogP contribution in [0.1, 0.15) is 22.5 Å². The second-order valence-electron chi connectivity index (χ2n) is 4.39. The molecule has 2 N–H and O–H groups in total. The first-order valence-corrected chi connectivity index (χ1v) is 8.33. The summed E-state index contributed by atoms with van der Waals surface area (Å²) in [5.41, 5.74) is 4.76. The summed E-state index contributed by atoms with van der Waals surface area (Å²) in [6.07, 6.45) is 0.845. The van der Waals surface area contributed by atoms with E-state index < -0.39 is 0 Å². The summed E-state index contributed by atoms with van der Waals surface area (Å²) in [6.45, 7) is 0.438. The van der Waals surface area contributed by atoms with Crippen molar-refractivity contribution in [2.24, 2.45) is 0 Å². The van der Waals surface area contributed by atoms with Crippen LogP contribution >= 0.6 is 27.3 Å². The Morgan fingerprint density at radius 1 is 1.14 bits per heavy atom. The molecule has 0 saturated heterocycles. The normalized spacial score (nSPS) is 10.0. The summed E-state index contributed by atoms with van der Waals surface area (Å²) in [6, 6.07) is 11.0. The van der Waals surface area contributed by atoms with Crippen LogP contribution in [-0.4, -0.2) is 18.4 Å². The van der Waals surface area contributed by atoms with Crippen molar-refractivity contribution in [1.29, 1.82) is 0 Å².